The van der Waals surface area contributed by atoms with Gasteiger partial charge < -0.3 is 4.18 Å². The van der Waals surface area contributed by atoms with Crippen LogP contribution in [-0.4, -0.2) is 11.0 Å². The summed E-state index contributed by atoms with van der Waals surface area (Å²) >= 11 is 1.13. The minimum Gasteiger partial charge on any atom is -0.391 e. The molecule has 0 saturated carbocycles. The fourth-order valence-electron chi connectivity index (χ4n) is 0.806. The lowest BCUT2D eigenvalue weighted by Crippen LogP contribution is -1.96. The number of nitrogens with zero attached hydrogens (tertiary/aromatic N) is 1. The van der Waals surface area contributed by atoms with E-state index in [1.165, 1.54) is 6.92 Å². The SMILES string of the molecule is CC(=O)OSC(C)c1ccccn1. The normalized spacial score (nSPS) is 12.2. The molecular weight excluding hydrogens is 186 g/mol. The molecule has 1 aromatic heterocycles. The summed E-state index contributed by atoms with van der Waals surface area (Å²) in [6.07, 6.45) is 1.72. The molecular formula is C9H11NO2S. The predicted octanol–water partition coefficient (Wildman–Crippen LogP) is 2.35. The Morgan fingerprint density at radius 1 is 1.62 bits per heavy atom. The lowest BCUT2D eigenvalue weighted by atomic mass is 10.3. The molecule has 1 unspecified atom stereocenters. The van der Waals surface area contributed by atoms with Crippen LogP contribution in [0.1, 0.15) is 24.8 Å². The van der Waals surface area contributed by atoms with Crippen LogP contribution in [0, 0.1) is 0 Å². The van der Waals surface area contributed by atoms with E-state index in [0.717, 1.165) is 17.7 Å². The number of carbonyl (C=O) groups excluding carboxylic acids is 1. The number of carbonyl (C=O) groups is 1. The smallest absolute Gasteiger partial charge is 0.314 e. The van der Waals surface area contributed by atoms with Gasteiger partial charge in [-0.15, -0.1) is 0 Å². The van der Waals surface area contributed by atoms with E-state index >= 15 is 0 Å². The molecule has 0 saturated heterocycles. The summed E-state index contributed by atoms with van der Waals surface area (Å²) in [7, 11) is 0. The molecule has 70 valence electrons. The fraction of sp³-hybridized carbons (Fsp3) is 0.333. The summed E-state index contributed by atoms with van der Waals surface area (Å²) < 4.78 is 4.80. The van der Waals surface area contributed by atoms with Gasteiger partial charge in [0.1, 0.15) is 0 Å². The Hall–Kier alpha value is -1.03. The van der Waals surface area contributed by atoms with Gasteiger partial charge in [0.05, 0.1) is 23.0 Å². The Labute approximate surface area is 81.7 Å². The van der Waals surface area contributed by atoms with E-state index in [1.54, 1.807) is 6.20 Å². The second-order valence-corrected chi connectivity index (χ2v) is 3.63. The summed E-state index contributed by atoms with van der Waals surface area (Å²) in [6.45, 7) is 3.33. The van der Waals surface area contributed by atoms with Crippen molar-refractivity contribution < 1.29 is 8.98 Å². The Bertz CT molecular complexity index is 276. The molecule has 0 amide bonds. The minimum atomic E-state index is -0.284. The zero-order valence-electron chi connectivity index (χ0n) is 7.56. The van der Waals surface area contributed by atoms with Crippen molar-refractivity contribution in [3.8, 4) is 0 Å². The summed E-state index contributed by atoms with van der Waals surface area (Å²) in [5.41, 5.74) is 0.911. The number of rotatable bonds is 3. The van der Waals surface area contributed by atoms with Crippen LogP contribution in [0.3, 0.4) is 0 Å². The molecule has 3 nitrogen and oxygen atoms in total. The molecule has 0 aliphatic rings. The first kappa shape index (κ1) is 10.1. The lowest BCUT2D eigenvalue weighted by molar-refractivity contribution is -0.130. The molecule has 1 heterocycles. The zero-order valence-corrected chi connectivity index (χ0v) is 8.38. The molecule has 1 atom stereocenters. The maximum atomic E-state index is 10.5. The average molecular weight is 197 g/mol. The molecule has 0 radical (unpaired) electrons. The van der Waals surface area contributed by atoms with Gasteiger partial charge in [-0.2, -0.15) is 0 Å². The van der Waals surface area contributed by atoms with Crippen LogP contribution in [0.2, 0.25) is 0 Å². The lowest BCUT2D eigenvalue weighted by Gasteiger charge is -2.07. The fourth-order valence-corrected chi connectivity index (χ4v) is 1.32. The molecule has 0 aliphatic heterocycles. The number of aromatic nitrogens is 1. The van der Waals surface area contributed by atoms with Crippen molar-refractivity contribution in [2.45, 2.75) is 19.1 Å². The van der Waals surface area contributed by atoms with Crippen molar-refractivity contribution in [1.82, 2.24) is 4.98 Å². The molecule has 0 bridgehead atoms. The van der Waals surface area contributed by atoms with E-state index in [9.17, 15) is 4.79 Å². The Morgan fingerprint density at radius 2 is 2.38 bits per heavy atom. The molecule has 1 rings (SSSR count). The van der Waals surface area contributed by atoms with Gasteiger partial charge in [0, 0.05) is 13.1 Å². The van der Waals surface area contributed by atoms with Crippen molar-refractivity contribution in [3.05, 3.63) is 30.1 Å². The van der Waals surface area contributed by atoms with Crippen LogP contribution in [0.25, 0.3) is 0 Å². The number of hydrogen-bond donors (Lipinski definition) is 0. The Kier molecular flexibility index (Phi) is 3.76. The van der Waals surface area contributed by atoms with Crippen molar-refractivity contribution in [2.75, 3.05) is 0 Å². The third-order valence-corrected chi connectivity index (χ3v) is 2.28. The average Bonchev–Trinajstić information content (AvgIpc) is 2.15. The molecule has 0 aromatic carbocycles. The minimum absolute atomic E-state index is 0.0742. The molecule has 0 N–H and O–H groups in total. The highest BCUT2D eigenvalue weighted by molar-refractivity contribution is 7.95. The van der Waals surface area contributed by atoms with Crippen LogP contribution >= 0.6 is 12.0 Å². The quantitative estimate of drug-likeness (QED) is 0.697. The van der Waals surface area contributed by atoms with Gasteiger partial charge in [0.25, 0.3) is 0 Å². The summed E-state index contributed by atoms with van der Waals surface area (Å²) in [6, 6.07) is 5.67. The number of pyridine rings is 1. The van der Waals surface area contributed by atoms with Crippen LogP contribution in [0.4, 0.5) is 0 Å². The maximum Gasteiger partial charge on any atom is 0.314 e. The zero-order chi connectivity index (χ0) is 9.68. The van der Waals surface area contributed by atoms with E-state index in [1.807, 2.05) is 25.1 Å². The first-order valence-electron chi connectivity index (χ1n) is 3.95. The van der Waals surface area contributed by atoms with Gasteiger partial charge in [-0.25, -0.2) is 0 Å². The molecule has 0 aliphatic carbocycles. The molecule has 0 fully saturated rings. The van der Waals surface area contributed by atoms with E-state index < -0.39 is 0 Å². The monoisotopic (exact) mass is 197 g/mol. The predicted molar refractivity (Wildman–Crippen MR) is 52.0 cm³/mol. The van der Waals surface area contributed by atoms with Crippen LogP contribution in [0.15, 0.2) is 24.4 Å². The molecule has 1 aromatic rings. The van der Waals surface area contributed by atoms with Gasteiger partial charge in [0.2, 0.25) is 0 Å². The van der Waals surface area contributed by atoms with Gasteiger partial charge in [-0.3, -0.25) is 9.78 Å². The van der Waals surface area contributed by atoms with Crippen LogP contribution in [0.5, 0.6) is 0 Å². The van der Waals surface area contributed by atoms with Crippen molar-refractivity contribution in [2.24, 2.45) is 0 Å². The van der Waals surface area contributed by atoms with Gasteiger partial charge in [0.15, 0.2) is 0 Å². The van der Waals surface area contributed by atoms with E-state index in [4.69, 9.17) is 4.18 Å². The molecule has 0 spiro atoms. The highest BCUT2D eigenvalue weighted by Gasteiger charge is 2.09. The summed E-state index contributed by atoms with van der Waals surface area (Å²) in [4.78, 5) is 14.7. The topological polar surface area (TPSA) is 39.2 Å². The first-order chi connectivity index (χ1) is 6.20. The third kappa shape index (κ3) is 3.46. The van der Waals surface area contributed by atoms with Gasteiger partial charge in [-0.05, 0) is 19.1 Å². The van der Waals surface area contributed by atoms with E-state index in [0.29, 0.717) is 0 Å². The van der Waals surface area contributed by atoms with Gasteiger partial charge in [-0.1, -0.05) is 6.07 Å². The molecule has 4 heteroatoms. The summed E-state index contributed by atoms with van der Waals surface area (Å²) in [5.74, 6) is -0.284. The van der Waals surface area contributed by atoms with Gasteiger partial charge >= 0.3 is 5.97 Å². The highest BCUT2D eigenvalue weighted by Crippen LogP contribution is 2.26. The van der Waals surface area contributed by atoms with Crippen LogP contribution < -0.4 is 0 Å². The van der Waals surface area contributed by atoms with Crippen LogP contribution in [-0.2, 0) is 8.98 Å². The summed E-state index contributed by atoms with van der Waals surface area (Å²) in [5, 5.41) is 0.0742. The third-order valence-electron chi connectivity index (χ3n) is 1.41. The highest BCUT2D eigenvalue weighted by atomic mass is 32.2. The Balaban J connectivity index is 2.49. The largest absolute Gasteiger partial charge is 0.391 e. The van der Waals surface area contributed by atoms with E-state index in [2.05, 4.69) is 4.98 Å². The molecule has 13 heavy (non-hydrogen) atoms. The standard InChI is InChI=1S/C9H11NO2S/c1-7(13-12-8(2)11)9-5-3-4-6-10-9/h3-7H,1-2H3. The Morgan fingerprint density at radius 3 is 2.92 bits per heavy atom. The second-order valence-electron chi connectivity index (χ2n) is 2.57. The maximum absolute atomic E-state index is 10.5. The second kappa shape index (κ2) is 4.87. The van der Waals surface area contributed by atoms with E-state index in [-0.39, 0.29) is 11.2 Å². The number of hydrogen-bond acceptors (Lipinski definition) is 4. The first-order valence-corrected chi connectivity index (χ1v) is 4.75. The van der Waals surface area contributed by atoms with Crippen molar-refractivity contribution >= 4 is 18.0 Å². The van der Waals surface area contributed by atoms with Crippen molar-refractivity contribution in [1.29, 1.82) is 0 Å². The van der Waals surface area contributed by atoms with Crippen molar-refractivity contribution in [3.63, 3.8) is 0 Å².